The molecule has 0 unspecified atom stereocenters. The predicted octanol–water partition coefficient (Wildman–Crippen LogP) is 6.86. The fourth-order valence-corrected chi connectivity index (χ4v) is 3.66. The van der Waals surface area contributed by atoms with Crippen LogP contribution >= 0.6 is 0 Å². The zero-order chi connectivity index (χ0) is 21.1. The molecule has 0 aliphatic heterocycles. The highest BCUT2D eigenvalue weighted by molar-refractivity contribution is 6.12. The van der Waals surface area contributed by atoms with Crippen LogP contribution in [-0.2, 0) is 0 Å². The average molecular weight is 398 g/mol. The van der Waals surface area contributed by atoms with Gasteiger partial charge in [0.2, 0.25) is 0 Å². The molecule has 2 N–H and O–H groups in total. The zero-order valence-electron chi connectivity index (χ0n) is 16.9. The Labute approximate surface area is 175 Å². The Kier molecular flexibility index (Phi) is 5.48. The highest BCUT2D eigenvalue weighted by Gasteiger charge is 2.26. The predicted molar refractivity (Wildman–Crippen MR) is 120 cm³/mol. The molecule has 0 aliphatic rings. The highest BCUT2D eigenvalue weighted by Crippen LogP contribution is 2.39. The standard InChI is InChI=1S/C26H23FN2O/c1-17(2)24-23(26(30)28-21-14-7-4-8-15-21)22(18-10-5-3-6-11-18)25(29-24)19-12-9-13-20(27)16-19/h3-17,29H,1-2H3,(H,28,30). The van der Waals surface area contributed by atoms with E-state index in [1.165, 1.54) is 12.1 Å². The van der Waals surface area contributed by atoms with Crippen molar-refractivity contribution in [2.24, 2.45) is 0 Å². The fourth-order valence-electron chi connectivity index (χ4n) is 3.66. The Hall–Kier alpha value is -3.66. The second kappa shape index (κ2) is 8.37. The number of aromatic amines is 1. The van der Waals surface area contributed by atoms with E-state index < -0.39 is 0 Å². The van der Waals surface area contributed by atoms with Gasteiger partial charge in [-0.1, -0.05) is 74.5 Å². The molecule has 30 heavy (non-hydrogen) atoms. The SMILES string of the molecule is CC(C)c1[nH]c(-c2cccc(F)c2)c(-c2ccccc2)c1C(=O)Nc1ccccc1. The second-order valence-electron chi connectivity index (χ2n) is 7.51. The molecule has 0 spiro atoms. The molecule has 3 nitrogen and oxygen atoms in total. The molecule has 1 aromatic heterocycles. The van der Waals surface area contributed by atoms with E-state index in [0.717, 1.165) is 28.2 Å². The van der Waals surface area contributed by atoms with Crippen LogP contribution in [0.1, 0.15) is 35.8 Å². The molecule has 0 atom stereocenters. The van der Waals surface area contributed by atoms with Gasteiger partial charge in [-0.3, -0.25) is 4.79 Å². The number of amides is 1. The lowest BCUT2D eigenvalue weighted by Crippen LogP contribution is -2.14. The Morgan fingerprint density at radius 1 is 0.867 bits per heavy atom. The number of hydrogen-bond acceptors (Lipinski definition) is 1. The van der Waals surface area contributed by atoms with Crippen molar-refractivity contribution >= 4 is 11.6 Å². The lowest BCUT2D eigenvalue weighted by atomic mass is 9.94. The van der Waals surface area contributed by atoms with E-state index in [2.05, 4.69) is 10.3 Å². The van der Waals surface area contributed by atoms with Crippen LogP contribution in [0.15, 0.2) is 84.9 Å². The number of carbonyl (C=O) groups excluding carboxylic acids is 1. The van der Waals surface area contributed by atoms with Crippen LogP contribution in [0.25, 0.3) is 22.4 Å². The molecule has 4 heteroatoms. The van der Waals surface area contributed by atoms with Crippen LogP contribution in [-0.4, -0.2) is 10.9 Å². The van der Waals surface area contributed by atoms with Gasteiger partial charge < -0.3 is 10.3 Å². The molecular formula is C26H23FN2O. The summed E-state index contributed by atoms with van der Waals surface area (Å²) in [7, 11) is 0. The monoisotopic (exact) mass is 398 g/mol. The highest BCUT2D eigenvalue weighted by atomic mass is 19.1. The Morgan fingerprint density at radius 2 is 1.50 bits per heavy atom. The van der Waals surface area contributed by atoms with E-state index in [-0.39, 0.29) is 17.6 Å². The molecular weight excluding hydrogens is 375 g/mol. The molecule has 1 heterocycles. The Balaban J connectivity index is 1.94. The average Bonchev–Trinajstić information content (AvgIpc) is 3.16. The summed E-state index contributed by atoms with van der Waals surface area (Å²) in [5.41, 5.74) is 5.25. The van der Waals surface area contributed by atoms with Crippen molar-refractivity contribution in [3.8, 4) is 22.4 Å². The number of para-hydroxylation sites is 1. The molecule has 0 saturated heterocycles. The van der Waals surface area contributed by atoms with Crippen molar-refractivity contribution in [1.29, 1.82) is 0 Å². The Morgan fingerprint density at radius 3 is 2.13 bits per heavy atom. The van der Waals surface area contributed by atoms with Gasteiger partial charge in [-0.2, -0.15) is 0 Å². The fraction of sp³-hybridized carbons (Fsp3) is 0.115. The van der Waals surface area contributed by atoms with E-state index in [9.17, 15) is 9.18 Å². The summed E-state index contributed by atoms with van der Waals surface area (Å²) in [5, 5.41) is 3.01. The van der Waals surface area contributed by atoms with E-state index in [1.54, 1.807) is 6.07 Å². The molecule has 1 amide bonds. The van der Waals surface area contributed by atoms with Crippen LogP contribution in [0.2, 0.25) is 0 Å². The van der Waals surface area contributed by atoms with Gasteiger partial charge in [-0.05, 0) is 35.7 Å². The van der Waals surface area contributed by atoms with Crippen LogP contribution in [0, 0.1) is 5.82 Å². The van der Waals surface area contributed by atoms with E-state index >= 15 is 0 Å². The summed E-state index contributed by atoms with van der Waals surface area (Å²) in [6.45, 7) is 4.07. The van der Waals surface area contributed by atoms with Crippen molar-refractivity contribution in [2.45, 2.75) is 19.8 Å². The molecule has 0 radical (unpaired) electrons. The molecule has 0 fully saturated rings. The van der Waals surface area contributed by atoms with Gasteiger partial charge in [0.1, 0.15) is 5.82 Å². The maximum absolute atomic E-state index is 14.0. The summed E-state index contributed by atoms with van der Waals surface area (Å²) in [6, 6.07) is 25.6. The van der Waals surface area contributed by atoms with Crippen LogP contribution < -0.4 is 5.32 Å². The van der Waals surface area contributed by atoms with Gasteiger partial charge >= 0.3 is 0 Å². The summed E-state index contributed by atoms with van der Waals surface area (Å²) in [4.78, 5) is 16.9. The van der Waals surface area contributed by atoms with Crippen molar-refractivity contribution < 1.29 is 9.18 Å². The normalized spacial score (nSPS) is 10.9. The number of rotatable bonds is 5. The van der Waals surface area contributed by atoms with Gasteiger partial charge in [0.05, 0.1) is 11.3 Å². The summed E-state index contributed by atoms with van der Waals surface area (Å²) >= 11 is 0. The van der Waals surface area contributed by atoms with Crippen molar-refractivity contribution in [1.82, 2.24) is 4.98 Å². The van der Waals surface area contributed by atoms with Gasteiger partial charge in [0, 0.05) is 22.5 Å². The van der Waals surface area contributed by atoms with Crippen LogP contribution in [0.5, 0.6) is 0 Å². The van der Waals surface area contributed by atoms with E-state index in [4.69, 9.17) is 0 Å². The minimum atomic E-state index is -0.317. The number of H-pyrrole nitrogens is 1. The van der Waals surface area contributed by atoms with Gasteiger partial charge in [-0.15, -0.1) is 0 Å². The second-order valence-corrected chi connectivity index (χ2v) is 7.51. The minimum Gasteiger partial charge on any atom is -0.357 e. The summed E-state index contributed by atoms with van der Waals surface area (Å²) in [6.07, 6.45) is 0. The topological polar surface area (TPSA) is 44.9 Å². The first kappa shape index (κ1) is 19.6. The van der Waals surface area contributed by atoms with Crippen molar-refractivity contribution in [3.63, 3.8) is 0 Å². The first-order valence-corrected chi connectivity index (χ1v) is 9.98. The molecule has 3 aromatic carbocycles. The molecule has 0 bridgehead atoms. The lowest BCUT2D eigenvalue weighted by Gasteiger charge is -2.12. The molecule has 0 saturated carbocycles. The number of halogens is 1. The number of anilines is 1. The molecule has 0 aliphatic carbocycles. The first-order chi connectivity index (χ1) is 14.5. The third-order valence-electron chi connectivity index (χ3n) is 5.04. The smallest absolute Gasteiger partial charge is 0.258 e. The molecule has 150 valence electrons. The number of benzene rings is 3. The third-order valence-corrected chi connectivity index (χ3v) is 5.04. The minimum absolute atomic E-state index is 0.0753. The lowest BCUT2D eigenvalue weighted by molar-refractivity contribution is 0.102. The van der Waals surface area contributed by atoms with E-state index in [1.807, 2.05) is 80.6 Å². The first-order valence-electron chi connectivity index (χ1n) is 9.98. The van der Waals surface area contributed by atoms with Crippen LogP contribution in [0.3, 0.4) is 0 Å². The van der Waals surface area contributed by atoms with Gasteiger partial charge in [-0.25, -0.2) is 4.39 Å². The number of nitrogens with one attached hydrogen (secondary N) is 2. The number of hydrogen-bond donors (Lipinski definition) is 2. The summed E-state index contributed by atoms with van der Waals surface area (Å²) in [5.74, 6) is -0.434. The maximum Gasteiger partial charge on any atom is 0.258 e. The largest absolute Gasteiger partial charge is 0.357 e. The van der Waals surface area contributed by atoms with E-state index in [0.29, 0.717) is 11.1 Å². The number of aromatic nitrogens is 1. The third kappa shape index (κ3) is 3.90. The van der Waals surface area contributed by atoms with Gasteiger partial charge in [0.15, 0.2) is 0 Å². The molecule has 4 aromatic rings. The zero-order valence-corrected chi connectivity index (χ0v) is 16.9. The Bertz CT molecular complexity index is 1160. The quantitative estimate of drug-likeness (QED) is 0.379. The van der Waals surface area contributed by atoms with Crippen molar-refractivity contribution in [2.75, 3.05) is 5.32 Å². The number of carbonyl (C=O) groups is 1. The molecule has 4 rings (SSSR count). The van der Waals surface area contributed by atoms with Crippen LogP contribution in [0.4, 0.5) is 10.1 Å². The summed E-state index contributed by atoms with van der Waals surface area (Å²) < 4.78 is 14.0. The van der Waals surface area contributed by atoms with Crippen molar-refractivity contribution in [3.05, 3.63) is 102 Å². The maximum atomic E-state index is 14.0. The van der Waals surface area contributed by atoms with Gasteiger partial charge in [0.25, 0.3) is 5.91 Å².